The zero-order chi connectivity index (χ0) is 14.4. The predicted molar refractivity (Wildman–Crippen MR) is 82.2 cm³/mol. The van der Waals surface area contributed by atoms with Crippen molar-refractivity contribution in [2.24, 2.45) is 0 Å². The van der Waals surface area contributed by atoms with Crippen molar-refractivity contribution >= 4 is 0 Å². The maximum atomic E-state index is 8.81. The standard InChI is InChI=1S/C7H8O.C5H11N.2C2H6/c1-6-3-2-4-7(8)5-6;1-6-5-3-2-4-5;2*1-2/h2-5,8H,1H3;5-6H,2-4H2,1H3;2*1-2H3. The van der Waals surface area contributed by atoms with Crippen LogP contribution < -0.4 is 5.32 Å². The normalized spacial score (nSPS) is 12.6. The molecule has 2 rings (SSSR count). The first-order chi connectivity index (χ1) is 8.72. The van der Waals surface area contributed by atoms with E-state index in [1.165, 1.54) is 19.3 Å². The van der Waals surface area contributed by atoms with Crippen molar-refractivity contribution < 1.29 is 5.11 Å². The second kappa shape index (κ2) is 14.0. The SMILES string of the molecule is CC.CC.CNC1CCC1.Cc1cccc(O)c1. The fourth-order valence-electron chi connectivity index (χ4n) is 1.32. The highest BCUT2D eigenvalue weighted by Gasteiger charge is 2.13. The Morgan fingerprint density at radius 1 is 1.11 bits per heavy atom. The summed E-state index contributed by atoms with van der Waals surface area (Å²) in [6.07, 6.45) is 4.23. The van der Waals surface area contributed by atoms with Gasteiger partial charge in [0.15, 0.2) is 0 Å². The van der Waals surface area contributed by atoms with Gasteiger partial charge in [0.25, 0.3) is 0 Å². The van der Waals surface area contributed by atoms with E-state index in [0.29, 0.717) is 5.75 Å². The third-order valence-electron chi connectivity index (χ3n) is 2.52. The van der Waals surface area contributed by atoms with Crippen molar-refractivity contribution in [2.45, 2.75) is 59.9 Å². The zero-order valence-electron chi connectivity index (χ0n) is 13.0. The molecule has 0 unspecified atom stereocenters. The molecule has 1 fully saturated rings. The van der Waals surface area contributed by atoms with Gasteiger partial charge in [-0.1, -0.05) is 46.2 Å². The molecule has 0 aromatic heterocycles. The molecule has 0 aliphatic heterocycles. The highest BCUT2D eigenvalue weighted by atomic mass is 16.3. The molecule has 2 nitrogen and oxygen atoms in total. The second-order valence-electron chi connectivity index (χ2n) is 3.76. The summed E-state index contributed by atoms with van der Waals surface area (Å²) in [4.78, 5) is 0. The van der Waals surface area contributed by atoms with Crippen LogP contribution in [0.4, 0.5) is 0 Å². The van der Waals surface area contributed by atoms with E-state index in [2.05, 4.69) is 5.32 Å². The second-order valence-corrected chi connectivity index (χ2v) is 3.76. The van der Waals surface area contributed by atoms with Gasteiger partial charge >= 0.3 is 0 Å². The van der Waals surface area contributed by atoms with E-state index in [0.717, 1.165) is 11.6 Å². The molecular weight excluding hydrogens is 222 g/mol. The molecule has 0 atom stereocenters. The highest BCUT2D eigenvalue weighted by molar-refractivity contribution is 5.25. The molecular formula is C16H31NO. The third-order valence-corrected chi connectivity index (χ3v) is 2.52. The number of hydrogen-bond acceptors (Lipinski definition) is 2. The first-order valence-corrected chi connectivity index (χ1v) is 7.15. The van der Waals surface area contributed by atoms with Gasteiger partial charge in [-0.2, -0.15) is 0 Å². The molecule has 0 spiro atoms. The van der Waals surface area contributed by atoms with Gasteiger partial charge < -0.3 is 10.4 Å². The Morgan fingerprint density at radius 2 is 1.67 bits per heavy atom. The lowest BCUT2D eigenvalue weighted by molar-refractivity contribution is 0.361. The van der Waals surface area contributed by atoms with E-state index >= 15 is 0 Å². The largest absolute Gasteiger partial charge is 0.508 e. The number of aryl methyl sites for hydroxylation is 1. The van der Waals surface area contributed by atoms with Crippen LogP contribution in [0.5, 0.6) is 5.75 Å². The molecule has 106 valence electrons. The summed E-state index contributed by atoms with van der Waals surface area (Å²) >= 11 is 0. The summed E-state index contributed by atoms with van der Waals surface area (Å²) in [5.74, 6) is 0.338. The average Bonchev–Trinajstić information content (AvgIpc) is 2.33. The van der Waals surface area contributed by atoms with Gasteiger partial charge in [0.2, 0.25) is 0 Å². The summed E-state index contributed by atoms with van der Waals surface area (Å²) in [6, 6.07) is 8.02. The van der Waals surface area contributed by atoms with E-state index in [1.807, 2.05) is 53.8 Å². The molecule has 2 heteroatoms. The minimum Gasteiger partial charge on any atom is -0.508 e. The molecule has 0 amide bonds. The van der Waals surface area contributed by atoms with E-state index < -0.39 is 0 Å². The van der Waals surface area contributed by atoms with Crippen LogP contribution in [0.2, 0.25) is 0 Å². The van der Waals surface area contributed by atoms with Gasteiger partial charge in [-0.05, 0) is 44.5 Å². The Balaban J connectivity index is 0. The lowest BCUT2D eigenvalue weighted by Gasteiger charge is -2.23. The Morgan fingerprint density at radius 3 is 1.83 bits per heavy atom. The first kappa shape index (κ1) is 19.3. The lowest BCUT2D eigenvalue weighted by atomic mass is 9.94. The molecule has 0 bridgehead atoms. The van der Waals surface area contributed by atoms with Gasteiger partial charge in [-0.25, -0.2) is 0 Å². The van der Waals surface area contributed by atoms with Crippen LogP contribution in [0.15, 0.2) is 24.3 Å². The number of benzene rings is 1. The molecule has 0 radical (unpaired) electrons. The van der Waals surface area contributed by atoms with Crippen LogP contribution in [-0.4, -0.2) is 18.2 Å². The van der Waals surface area contributed by atoms with Gasteiger partial charge in [0.1, 0.15) is 5.75 Å². The van der Waals surface area contributed by atoms with E-state index in [9.17, 15) is 0 Å². The summed E-state index contributed by atoms with van der Waals surface area (Å²) in [5.41, 5.74) is 1.09. The average molecular weight is 253 g/mol. The lowest BCUT2D eigenvalue weighted by Crippen LogP contribution is -2.31. The Bertz CT molecular complexity index is 250. The summed E-state index contributed by atoms with van der Waals surface area (Å²) in [5, 5.41) is 12.0. The molecule has 0 saturated heterocycles. The fraction of sp³-hybridized carbons (Fsp3) is 0.625. The van der Waals surface area contributed by atoms with Crippen LogP contribution in [0, 0.1) is 6.92 Å². The summed E-state index contributed by atoms with van der Waals surface area (Å²) in [7, 11) is 2.03. The van der Waals surface area contributed by atoms with Gasteiger partial charge in [0, 0.05) is 6.04 Å². The number of nitrogens with one attached hydrogen (secondary N) is 1. The van der Waals surface area contributed by atoms with Crippen molar-refractivity contribution in [2.75, 3.05) is 7.05 Å². The number of phenolic OH excluding ortho intramolecular Hbond substituents is 1. The number of aromatic hydroxyl groups is 1. The minimum absolute atomic E-state index is 0.338. The number of phenols is 1. The molecule has 2 N–H and O–H groups in total. The number of rotatable bonds is 1. The summed E-state index contributed by atoms with van der Waals surface area (Å²) in [6.45, 7) is 9.94. The van der Waals surface area contributed by atoms with Gasteiger partial charge in [-0.3, -0.25) is 0 Å². The topological polar surface area (TPSA) is 32.3 Å². The molecule has 1 aliphatic rings. The van der Waals surface area contributed by atoms with E-state index in [4.69, 9.17) is 5.11 Å². The van der Waals surface area contributed by atoms with Crippen LogP contribution >= 0.6 is 0 Å². The van der Waals surface area contributed by atoms with E-state index in [1.54, 1.807) is 12.1 Å². The molecule has 1 aromatic rings. The molecule has 1 saturated carbocycles. The van der Waals surface area contributed by atoms with Crippen LogP contribution in [0.25, 0.3) is 0 Å². The van der Waals surface area contributed by atoms with Crippen LogP contribution in [-0.2, 0) is 0 Å². The molecule has 1 aliphatic carbocycles. The monoisotopic (exact) mass is 253 g/mol. The molecule has 1 aromatic carbocycles. The van der Waals surface area contributed by atoms with Crippen LogP contribution in [0.3, 0.4) is 0 Å². The van der Waals surface area contributed by atoms with Gasteiger partial charge in [-0.15, -0.1) is 0 Å². The fourth-order valence-corrected chi connectivity index (χ4v) is 1.32. The van der Waals surface area contributed by atoms with Crippen molar-refractivity contribution in [1.29, 1.82) is 0 Å². The van der Waals surface area contributed by atoms with Crippen molar-refractivity contribution in [3.8, 4) is 5.75 Å². The highest BCUT2D eigenvalue weighted by Crippen LogP contribution is 2.16. The van der Waals surface area contributed by atoms with Crippen molar-refractivity contribution in [1.82, 2.24) is 5.32 Å². The Labute approximate surface area is 113 Å². The minimum atomic E-state index is 0.338. The number of hydrogen-bond donors (Lipinski definition) is 2. The third kappa shape index (κ3) is 10.2. The smallest absolute Gasteiger partial charge is 0.115 e. The molecule has 18 heavy (non-hydrogen) atoms. The van der Waals surface area contributed by atoms with E-state index in [-0.39, 0.29) is 0 Å². The maximum absolute atomic E-state index is 8.81. The Kier molecular flexibility index (Phi) is 15.1. The van der Waals surface area contributed by atoms with Gasteiger partial charge in [0.05, 0.1) is 0 Å². The predicted octanol–water partition coefficient (Wildman–Crippen LogP) is 4.51. The molecule has 0 heterocycles. The van der Waals surface area contributed by atoms with Crippen molar-refractivity contribution in [3.05, 3.63) is 29.8 Å². The quantitative estimate of drug-likeness (QED) is 0.771. The van der Waals surface area contributed by atoms with Crippen LogP contribution in [0.1, 0.15) is 52.5 Å². The first-order valence-electron chi connectivity index (χ1n) is 7.15. The Hall–Kier alpha value is -1.02. The van der Waals surface area contributed by atoms with Crippen molar-refractivity contribution in [3.63, 3.8) is 0 Å². The zero-order valence-corrected chi connectivity index (χ0v) is 13.0. The summed E-state index contributed by atoms with van der Waals surface area (Å²) < 4.78 is 0. The maximum Gasteiger partial charge on any atom is 0.115 e.